The van der Waals surface area contributed by atoms with Crippen LogP contribution in [0, 0.1) is 0 Å². The molecule has 0 radical (unpaired) electrons. The Balaban J connectivity index is 1.69. The second kappa shape index (κ2) is 5.43. The summed E-state index contributed by atoms with van der Waals surface area (Å²) in [4.78, 5) is 8.51. The van der Waals surface area contributed by atoms with Gasteiger partial charge in [-0.15, -0.1) is 0 Å². The van der Waals surface area contributed by atoms with E-state index in [1.165, 1.54) is 27.5 Å². The Morgan fingerprint density at radius 1 is 1.04 bits per heavy atom. The van der Waals surface area contributed by atoms with Gasteiger partial charge in [0.1, 0.15) is 0 Å². The molecule has 4 heteroatoms. The molecule has 0 aliphatic carbocycles. The van der Waals surface area contributed by atoms with Crippen LogP contribution in [0.25, 0.3) is 21.8 Å². The number of halogens is 1. The first-order valence-electron chi connectivity index (χ1n) is 8.19. The number of para-hydroxylation sites is 1. The first-order valence-corrected chi connectivity index (χ1v) is 8.98. The number of benzene rings is 2. The van der Waals surface area contributed by atoms with Crippen LogP contribution in [0.5, 0.6) is 0 Å². The van der Waals surface area contributed by atoms with Crippen molar-refractivity contribution in [3.05, 3.63) is 76.0 Å². The monoisotopic (exact) mass is 377 g/mol. The van der Waals surface area contributed by atoms with Crippen molar-refractivity contribution in [1.29, 1.82) is 0 Å². The number of H-pyrrole nitrogens is 1. The molecule has 118 valence electrons. The molecular weight excluding hydrogens is 362 g/mol. The van der Waals surface area contributed by atoms with Crippen LogP contribution in [-0.2, 0) is 6.42 Å². The summed E-state index contributed by atoms with van der Waals surface area (Å²) in [5, 5.41) is 6.12. The lowest BCUT2D eigenvalue weighted by Crippen LogP contribution is -2.31. The molecule has 2 N–H and O–H groups in total. The normalized spacial score (nSPS) is 17.3. The first-order chi connectivity index (χ1) is 11.8. The number of hydrogen-bond acceptors (Lipinski definition) is 2. The van der Waals surface area contributed by atoms with Gasteiger partial charge in [0.25, 0.3) is 0 Å². The number of aromatic amines is 1. The molecule has 0 saturated heterocycles. The Kier molecular flexibility index (Phi) is 3.21. The third-order valence-corrected chi connectivity index (χ3v) is 5.32. The molecule has 0 fully saturated rings. The third-order valence-electron chi connectivity index (χ3n) is 4.83. The van der Waals surface area contributed by atoms with Crippen molar-refractivity contribution in [2.24, 2.45) is 0 Å². The number of nitrogens with zero attached hydrogens (tertiary/aromatic N) is 1. The lowest BCUT2D eigenvalue weighted by Gasteiger charge is -2.24. The fraction of sp³-hybridized carbons (Fsp3) is 0.150. The maximum atomic E-state index is 4.89. The van der Waals surface area contributed by atoms with E-state index >= 15 is 0 Å². The molecule has 0 bridgehead atoms. The fourth-order valence-electron chi connectivity index (χ4n) is 3.70. The summed E-state index contributed by atoms with van der Waals surface area (Å²) in [6, 6.07) is 19.1. The van der Waals surface area contributed by atoms with Crippen molar-refractivity contribution < 1.29 is 0 Å². The average Bonchev–Trinajstić information content (AvgIpc) is 2.99. The first kappa shape index (κ1) is 14.2. The predicted molar refractivity (Wildman–Crippen MR) is 101 cm³/mol. The Morgan fingerprint density at radius 2 is 1.96 bits per heavy atom. The summed E-state index contributed by atoms with van der Waals surface area (Å²) < 4.78 is 1.12. The maximum Gasteiger partial charge on any atom is 0.0906 e. The van der Waals surface area contributed by atoms with E-state index in [0.29, 0.717) is 0 Å². The molecule has 1 atom stereocenters. The summed E-state index contributed by atoms with van der Waals surface area (Å²) >= 11 is 3.59. The van der Waals surface area contributed by atoms with Crippen LogP contribution >= 0.6 is 15.9 Å². The molecule has 1 unspecified atom stereocenters. The average molecular weight is 378 g/mol. The van der Waals surface area contributed by atoms with Crippen LogP contribution < -0.4 is 5.32 Å². The predicted octanol–water partition coefficient (Wildman–Crippen LogP) is 4.71. The van der Waals surface area contributed by atoms with Crippen LogP contribution in [0.3, 0.4) is 0 Å². The number of rotatable bonds is 1. The van der Waals surface area contributed by atoms with E-state index in [9.17, 15) is 0 Å². The molecule has 3 heterocycles. The molecular formula is C20H16BrN3. The van der Waals surface area contributed by atoms with E-state index in [1.807, 2.05) is 6.07 Å². The highest BCUT2D eigenvalue weighted by molar-refractivity contribution is 9.10. The Hall–Kier alpha value is -2.17. The summed E-state index contributed by atoms with van der Waals surface area (Å²) in [7, 11) is 0. The van der Waals surface area contributed by atoms with Crippen LogP contribution in [0.2, 0.25) is 0 Å². The summed E-state index contributed by atoms with van der Waals surface area (Å²) in [5.41, 5.74) is 5.96. The largest absolute Gasteiger partial charge is 0.357 e. The van der Waals surface area contributed by atoms with E-state index in [0.717, 1.165) is 28.6 Å². The van der Waals surface area contributed by atoms with Crippen molar-refractivity contribution in [2.75, 3.05) is 6.54 Å². The number of pyridine rings is 1. The Bertz CT molecular complexity index is 1070. The van der Waals surface area contributed by atoms with Gasteiger partial charge in [-0.25, -0.2) is 0 Å². The smallest absolute Gasteiger partial charge is 0.0906 e. The zero-order valence-electron chi connectivity index (χ0n) is 13.0. The molecule has 2 aromatic carbocycles. The molecule has 1 aliphatic rings. The van der Waals surface area contributed by atoms with Crippen LogP contribution in [0.15, 0.2) is 59.1 Å². The highest BCUT2D eigenvalue weighted by Crippen LogP contribution is 2.34. The Labute approximate surface area is 148 Å². The second-order valence-electron chi connectivity index (χ2n) is 6.27. The summed E-state index contributed by atoms with van der Waals surface area (Å²) in [5.74, 6) is 0. The molecule has 0 saturated carbocycles. The number of nitrogens with one attached hydrogen (secondary N) is 2. The quantitative estimate of drug-likeness (QED) is 0.504. The summed E-state index contributed by atoms with van der Waals surface area (Å²) in [6.07, 6.45) is 1.04. The lowest BCUT2D eigenvalue weighted by molar-refractivity contribution is 0.551. The van der Waals surface area contributed by atoms with Gasteiger partial charge in [0.05, 0.1) is 17.3 Å². The topological polar surface area (TPSA) is 40.7 Å². The zero-order chi connectivity index (χ0) is 16.1. The molecule has 2 aromatic heterocycles. The highest BCUT2D eigenvalue weighted by Gasteiger charge is 2.26. The third kappa shape index (κ3) is 2.18. The van der Waals surface area contributed by atoms with Crippen molar-refractivity contribution in [3.63, 3.8) is 0 Å². The molecule has 0 amide bonds. The minimum atomic E-state index is 0.115. The molecule has 1 aliphatic heterocycles. The van der Waals surface area contributed by atoms with E-state index in [1.54, 1.807) is 0 Å². The summed E-state index contributed by atoms with van der Waals surface area (Å²) in [6.45, 7) is 0.964. The zero-order valence-corrected chi connectivity index (χ0v) is 14.6. The van der Waals surface area contributed by atoms with Crippen molar-refractivity contribution in [3.8, 4) is 0 Å². The van der Waals surface area contributed by atoms with Gasteiger partial charge in [0, 0.05) is 33.0 Å². The minimum Gasteiger partial charge on any atom is -0.357 e. The fourth-order valence-corrected chi connectivity index (χ4v) is 4.06. The standard InChI is InChI=1S/C20H16BrN3/c21-13-6-8-17-15(11-13)14-9-10-22-20(19(14)24-17)18-7-5-12-3-1-2-4-16(12)23-18/h1-8,11,20,22,24H,9-10H2. The number of hydrogen-bond donors (Lipinski definition) is 2. The van der Waals surface area contributed by atoms with Gasteiger partial charge < -0.3 is 10.3 Å². The molecule has 4 aromatic rings. The van der Waals surface area contributed by atoms with Gasteiger partial charge in [0.2, 0.25) is 0 Å². The minimum absolute atomic E-state index is 0.115. The highest BCUT2D eigenvalue weighted by atomic mass is 79.9. The van der Waals surface area contributed by atoms with Gasteiger partial charge in [-0.1, -0.05) is 40.2 Å². The van der Waals surface area contributed by atoms with Crippen LogP contribution in [0.4, 0.5) is 0 Å². The van der Waals surface area contributed by atoms with Crippen LogP contribution in [0.1, 0.15) is 23.0 Å². The van der Waals surface area contributed by atoms with E-state index < -0.39 is 0 Å². The molecule has 5 rings (SSSR count). The second-order valence-corrected chi connectivity index (χ2v) is 7.19. The number of aromatic nitrogens is 2. The van der Waals surface area contributed by atoms with Crippen molar-refractivity contribution in [1.82, 2.24) is 15.3 Å². The van der Waals surface area contributed by atoms with E-state index in [4.69, 9.17) is 4.98 Å². The van der Waals surface area contributed by atoms with Gasteiger partial charge >= 0.3 is 0 Å². The maximum absolute atomic E-state index is 4.89. The molecule has 0 spiro atoms. The molecule has 24 heavy (non-hydrogen) atoms. The van der Waals surface area contributed by atoms with Crippen molar-refractivity contribution in [2.45, 2.75) is 12.5 Å². The number of fused-ring (bicyclic) bond motifs is 4. The van der Waals surface area contributed by atoms with Crippen molar-refractivity contribution >= 4 is 37.7 Å². The molecule has 3 nitrogen and oxygen atoms in total. The SMILES string of the molecule is Brc1ccc2[nH]c3c(c2c1)CCNC3c1ccc2ccccc2n1. The van der Waals surface area contributed by atoms with Gasteiger partial charge in [-0.3, -0.25) is 4.98 Å². The van der Waals surface area contributed by atoms with Gasteiger partial charge in [-0.05, 0) is 42.3 Å². The lowest BCUT2D eigenvalue weighted by atomic mass is 9.97. The van der Waals surface area contributed by atoms with Gasteiger partial charge in [0.15, 0.2) is 0 Å². The Morgan fingerprint density at radius 3 is 2.92 bits per heavy atom. The van der Waals surface area contributed by atoms with Crippen LogP contribution in [-0.4, -0.2) is 16.5 Å². The van der Waals surface area contributed by atoms with Gasteiger partial charge in [-0.2, -0.15) is 0 Å². The van der Waals surface area contributed by atoms with E-state index in [2.05, 4.69) is 74.8 Å². The van der Waals surface area contributed by atoms with E-state index in [-0.39, 0.29) is 6.04 Å².